The fraction of sp³-hybridized carbons (Fsp3) is 0.480. The summed E-state index contributed by atoms with van der Waals surface area (Å²) in [7, 11) is 13.1. The van der Waals surface area contributed by atoms with Crippen LogP contribution in [-0.2, 0) is 0 Å². The molecule has 0 bridgehead atoms. The quantitative estimate of drug-likeness (QED) is 0.265. The number of hydrogen-bond acceptors (Lipinski definition) is 4. The molecule has 3 rings (SSSR count). The van der Waals surface area contributed by atoms with Gasteiger partial charge in [-0.15, -0.1) is 11.3 Å². The SMILES string of the molecule is C[N+](C)(C)CCCOc1ccc2c(=O)c3ccc(OCCC[N+](C)(C)C)cc3sc2c1. The molecule has 0 spiro atoms. The summed E-state index contributed by atoms with van der Waals surface area (Å²) in [5.74, 6) is 1.63. The minimum Gasteiger partial charge on any atom is -0.493 e. The number of fused-ring (bicyclic) bond motifs is 2. The Morgan fingerprint density at radius 3 is 1.52 bits per heavy atom. The number of rotatable bonds is 10. The standard InChI is InChI=1S/C25H36N2O3S/c1-26(2,3)13-7-15-29-19-9-11-21-23(17-19)31-24-18-20(10-12-22(24)25(21)28)30-16-8-14-27(4,5)6/h9-12,17-18H,7-8,13-16H2,1-6H3/q+2. The fourth-order valence-corrected chi connectivity index (χ4v) is 4.58. The zero-order chi connectivity index (χ0) is 22.6. The van der Waals surface area contributed by atoms with Crippen molar-refractivity contribution in [1.29, 1.82) is 0 Å². The molecule has 0 aliphatic rings. The van der Waals surface area contributed by atoms with Gasteiger partial charge in [-0.2, -0.15) is 0 Å². The van der Waals surface area contributed by atoms with Crippen LogP contribution in [0.1, 0.15) is 12.8 Å². The van der Waals surface area contributed by atoms with Crippen LogP contribution in [0.5, 0.6) is 11.5 Å². The van der Waals surface area contributed by atoms with Crippen molar-refractivity contribution in [3.05, 3.63) is 46.6 Å². The molecule has 0 saturated heterocycles. The molecular formula is C25H36N2O3S+2. The average molecular weight is 445 g/mol. The maximum Gasteiger partial charge on any atom is 0.195 e. The summed E-state index contributed by atoms with van der Waals surface area (Å²) in [6.07, 6.45) is 1.98. The van der Waals surface area contributed by atoms with Crippen LogP contribution in [0, 0.1) is 0 Å². The smallest absolute Gasteiger partial charge is 0.195 e. The van der Waals surface area contributed by atoms with Crippen LogP contribution in [0.15, 0.2) is 41.2 Å². The molecule has 6 heteroatoms. The lowest BCUT2D eigenvalue weighted by molar-refractivity contribution is -0.870. The molecule has 0 radical (unpaired) electrons. The first-order valence-electron chi connectivity index (χ1n) is 10.9. The Morgan fingerprint density at radius 2 is 1.13 bits per heavy atom. The summed E-state index contributed by atoms with van der Waals surface area (Å²) < 4.78 is 15.6. The lowest BCUT2D eigenvalue weighted by atomic mass is 10.2. The maximum atomic E-state index is 13.0. The minimum absolute atomic E-state index is 0.0666. The van der Waals surface area contributed by atoms with Crippen LogP contribution in [0.25, 0.3) is 20.2 Å². The Kier molecular flexibility index (Phi) is 7.24. The number of nitrogens with zero attached hydrogens (tertiary/aromatic N) is 2. The number of hydrogen-bond donors (Lipinski definition) is 0. The summed E-state index contributed by atoms with van der Waals surface area (Å²) in [6, 6.07) is 11.6. The van der Waals surface area contributed by atoms with Gasteiger partial charge in [-0.05, 0) is 36.4 Å². The van der Waals surface area contributed by atoms with Crippen molar-refractivity contribution in [2.75, 3.05) is 68.6 Å². The Hall–Kier alpha value is -2.15. The van der Waals surface area contributed by atoms with E-state index in [1.54, 1.807) is 11.3 Å². The van der Waals surface area contributed by atoms with Crippen molar-refractivity contribution < 1.29 is 18.4 Å². The van der Waals surface area contributed by atoms with Gasteiger partial charge in [0, 0.05) is 33.0 Å². The first-order chi connectivity index (χ1) is 14.5. The van der Waals surface area contributed by atoms with Gasteiger partial charge in [-0.3, -0.25) is 4.79 Å². The second kappa shape index (κ2) is 9.55. The van der Waals surface area contributed by atoms with Crippen molar-refractivity contribution >= 4 is 31.5 Å². The average Bonchev–Trinajstić information content (AvgIpc) is 2.67. The van der Waals surface area contributed by atoms with E-state index in [9.17, 15) is 4.79 Å². The van der Waals surface area contributed by atoms with E-state index >= 15 is 0 Å². The third-order valence-corrected chi connectivity index (χ3v) is 6.21. The Bertz CT molecular complexity index is 1010. The number of ether oxygens (including phenoxy) is 2. The second-order valence-electron chi connectivity index (χ2n) is 10.2. The molecule has 2 aromatic carbocycles. The molecule has 0 amide bonds. The van der Waals surface area contributed by atoms with Crippen LogP contribution in [-0.4, -0.2) is 77.6 Å². The molecule has 5 nitrogen and oxygen atoms in total. The van der Waals surface area contributed by atoms with Crippen LogP contribution in [0.4, 0.5) is 0 Å². The van der Waals surface area contributed by atoms with Crippen molar-refractivity contribution in [1.82, 2.24) is 0 Å². The molecule has 31 heavy (non-hydrogen) atoms. The Balaban J connectivity index is 1.75. The van der Waals surface area contributed by atoms with Crippen LogP contribution in [0.3, 0.4) is 0 Å². The molecule has 0 aliphatic heterocycles. The van der Waals surface area contributed by atoms with E-state index in [1.165, 1.54) is 0 Å². The molecular weight excluding hydrogens is 408 g/mol. The zero-order valence-corrected chi connectivity index (χ0v) is 20.6. The highest BCUT2D eigenvalue weighted by Gasteiger charge is 2.11. The lowest BCUT2D eigenvalue weighted by Crippen LogP contribution is -2.36. The van der Waals surface area contributed by atoms with Crippen LogP contribution in [0.2, 0.25) is 0 Å². The molecule has 0 fully saturated rings. The van der Waals surface area contributed by atoms with E-state index in [2.05, 4.69) is 42.3 Å². The topological polar surface area (TPSA) is 35.5 Å². The van der Waals surface area contributed by atoms with Gasteiger partial charge in [-0.25, -0.2) is 0 Å². The normalized spacial score (nSPS) is 12.5. The monoisotopic (exact) mass is 444 g/mol. The van der Waals surface area contributed by atoms with E-state index < -0.39 is 0 Å². The predicted molar refractivity (Wildman–Crippen MR) is 132 cm³/mol. The molecule has 168 valence electrons. The van der Waals surface area contributed by atoms with Gasteiger partial charge >= 0.3 is 0 Å². The van der Waals surface area contributed by atoms with E-state index in [0.717, 1.165) is 66.6 Å². The maximum absolute atomic E-state index is 13.0. The summed E-state index contributed by atoms with van der Waals surface area (Å²) in [5, 5.41) is 1.49. The molecule has 1 aromatic heterocycles. The largest absolute Gasteiger partial charge is 0.493 e. The Morgan fingerprint density at radius 1 is 0.710 bits per heavy atom. The van der Waals surface area contributed by atoms with Crippen LogP contribution >= 0.6 is 11.3 Å². The first-order valence-corrected chi connectivity index (χ1v) is 11.7. The van der Waals surface area contributed by atoms with Gasteiger partial charge in [-0.1, -0.05) is 0 Å². The Labute approximate surface area is 189 Å². The minimum atomic E-state index is 0.0666. The summed E-state index contributed by atoms with van der Waals surface area (Å²) in [4.78, 5) is 13.0. The van der Waals surface area contributed by atoms with Crippen molar-refractivity contribution in [3.8, 4) is 11.5 Å². The van der Waals surface area contributed by atoms with E-state index in [1.807, 2.05) is 36.4 Å². The molecule has 3 aromatic rings. The van der Waals surface area contributed by atoms with E-state index in [4.69, 9.17) is 9.47 Å². The van der Waals surface area contributed by atoms with E-state index in [0.29, 0.717) is 13.2 Å². The van der Waals surface area contributed by atoms with Crippen molar-refractivity contribution in [3.63, 3.8) is 0 Å². The summed E-state index contributed by atoms with van der Waals surface area (Å²) in [5.41, 5.74) is 0.0666. The highest BCUT2D eigenvalue weighted by Crippen LogP contribution is 2.30. The molecule has 0 aliphatic carbocycles. The summed E-state index contributed by atoms with van der Waals surface area (Å²) >= 11 is 1.61. The molecule has 0 N–H and O–H groups in total. The highest BCUT2D eigenvalue weighted by molar-refractivity contribution is 7.24. The van der Waals surface area contributed by atoms with Crippen molar-refractivity contribution in [2.24, 2.45) is 0 Å². The first kappa shape index (κ1) is 23.5. The van der Waals surface area contributed by atoms with Crippen molar-refractivity contribution in [2.45, 2.75) is 12.8 Å². The van der Waals surface area contributed by atoms with Gasteiger partial charge in [0.05, 0.1) is 68.6 Å². The molecule has 1 heterocycles. The second-order valence-corrected chi connectivity index (χ2v) is 11.3. The molecule has 0 saturated carbocycles. The third kappa shape index (κ3) is 6.92. The van der Waals surface area contributed by atoms with Gasteiger partial charge in [0.1, 0.15) is 11.5 Å². The fourth-order valence-electron chi connectivity index (χ4n) is 3.45. The summed E-state index contributed by atoms with van der Waals surface area (Å²) in [6.45, 7) is 3.47. The zero-order valence-electron chi connectivity index (χ0n) is 19.7. The van der Waals surface area contributed by atoms with Gasteiger partial charge in [0.15, 0.2) is 5.43 Å². The highest BCUT2D eigenvalue weighted by atomic mass is 32.1. The predicted octanol–water partition coefficient (Wildman–Crippen LogP) is 4.36. The molecule has 0 unspecified atom stereocenters. The lowest BCUT2D eigenvalue weighted by Gasteiger charge is -2.23. The number of benzene rings is 2. The van der Waals surface area contributed by atoms with E-state index in [-0.39, 0.29) is 5.43 Å². The van der Waals surface area contributed by atoms with Gasteiger partial charge < -0.3 is 18.4 Å². The molecule has 0 atom stereocenters. The third-order valence-electron chi connectivity index (χ3n) is 5.10. The van der Waals surface area contributed by atoms with Gasteiger partial charge in [0.25, 0.3) is 0 Å². The van der Waals surface area contributed by atoms with Crippen LogP contribution < -0.4 is 14.9 Å². The van der Waals surface area contributed by atoms with Gasteiger partial charge in [0.2, 0.25) is 0 Å². The number of quaternary nitrogens is 2.